The average Bonchev–Trinajstić information content (AvgIpc) is 2.38. The van der Waals surface area contributed by atoms with E-state index in [2.05, 4.69) is 16.9 Å². The van der Waals surface area contributed by atoms with Gasteiger partial charge in [0.05, 0.1) is 4.90 Å². The predicted octanol–water partition coefficient (Wildman–Crippen LogP) is 1.90. The molecule has 0 spiro atoms. The third kappa shape index (κ3) is 3.34. The molecule has 1 aromatic rings. The smallest absolute Gasteiger partial charge is 0.240 e. The van der Waals surface area contributed by atoms with Gasteiger partial charge in [-0.3, -0.25) is 0 Å². The van der Waals surface area contributed by atoms with Crippen molar-refractivity contribution in [3.05, 3.63) is 36.4 Å². The normalized spacial score (nSPS) is 19.9. The molecule has 1 aromatic carbocycles. The van der Waals surface area contributed by atoms with Gasteiger partial charge in [-0.05, 0) is 49.4 Å². The van der Waals surface area contributed by atoms with Crippen molar-refractivity contribution in [3.8, 4) is 0 Å². The second kappa shape index (κ2) is 5.54. The highest BCUT2D eigenvalue weighted by molar-refractivity contribution is 7.89. The molecule has 0 bridgehead atoms. The van der Waals surface area contributed by atoms with Crippen LogP contribution in [-0.2, 0) is 10.0 Å². The van der Waals surface area contributed by atoms with Crippen LogP contribution in [0.25, 0.3) is 0 Å². The van der Waals surface area contributed by atoms with Crippen LogP contribution in [0.2, 0.25) is 0 Å². The van der Waals surface area contributed by atoms with Gasteiger partial charge in [0.1, 0.15) is 0 Å². The van der Waals surface area contributed by atoms with E-state index in [1.807, 2.05) is 0 Å². The highest BCUT2D eigenvalue weighted by Crippen LogP contribution is 2.18. The Balaban J connectivity index is 1.99. The molecular weight excluding hydrogens is 248 g/mol. The summed E-state index contributed by atoms with van der Waals surface area (Å²) >= 11 is 0. The Labute approximate surface area is 108 Å². The van der Waals surface area contributed by atoms with Crippen molar-refractivity contribution in [2.75, 3.05) is 12.3 Å². The number of benzene rings is 1. The highest BCUT2D eigenvalue weighted by Gasteiger charge is 2.17. The average molecular weight is 266 g/mol. The Morgan fingerprint density at radius 2 is 1.94 bits per heavy atom. The van der Waals surface area contributed by atoms with Crippen molar-refractivity contribution in [2.45, 2.75) is 24.2 Å². The van der Waals surface area contributed by atoms with E-state index in [0.717, 1.165) is 19.3 Å². The quantitative estimate of drug-likeness (QED) is 0.646. The van der Waals surface area contributed by atoms with Crippen LogP contribution in [-0.4, -0.2) is 15.0 Å². The maximum Gasteiger partial charge on any atom is 0.240 e. The molecule has 0 heterocycles. The van der Waals surface area contributed by atoms with E-state index >= 15 is 0 Å². The van der Waals surface area contributed by atoms with Crippen LogP contribution in [0.4, 0.5) is 5.69 Å². The molecule has 1 atom stereocenters. The summed E-state index contributed by atoms with van der Waals surface area (Å²) in [5.74, 6) is 0.401. The standard InChI is InChI=1S/C13H18N2O2S/c14-12-6-8-13(9-7-12)18(16,17)15-10-11-4-2-1-3-5-11/h1-2,6-9,11,15H,3-5,10,14H2. The molecule has 4 nitrogen and oxygen atoms in total. The first-order valence-electron chi connectivity index (χ1n) is 6.08. The van der Waals surface area contributed by atoms with E-state index in [4.69, 9.17) is 5.73 Å². The minimum absolute atomic E-state index is 0.267. The van der Waals surface area contributed by atoms with Crippen LogP contribution in [0.15, 0.2) is 41.3 Å². The number of allylic oxidation sites excluding steroid dienone is 2. The first kappa shape index (κ1) is 13.1. The van der Waals surface area contributed by atoms with Crippen LogP contribution in [0.3, 0.4) is 0 Å². The van der Waals surface area contributed by atoms with Gasteiger partial charge in [0.2, 0.25) is 10.0 Å². The molecule has 18 heavy (non-hydrogen) atoms. The Morgan fingerprint density at radius 3 is 2.56 bits per heavy atom. The number of hydrogen-bond donors (Lipinski definition) is 2. The van der Waals surface area contributed by atoms with E-state index in [1.54, 1.807) is 12.1 Å². The maximum atomic E-state index is 12.0. The van der Waals surface area contributed by atoms with Crippen molar-refractivity contribution >= 4 is 15.7 Å². The molecule has 0 radical (unpaired) electrons. The third-order valence-corrected chi connectivity index (χ3v) is 4.57. The van der Waals surface area contributed by atoms with Gasteiger partial charge in [0, 0.05) is 12.2 Å². The fourth-order valence-corrected chi connectivity index (χ4v) is 3.12. The number of nitrogens with one attached hydrogen (secondary N) is 1. The molecule has 98 valence electrons. The second-order valence-corrected chi connectivity index (χ2v) is 6.34. The molecule has 0 aromatic heterocycles. The number of nitrogens with two attached hydrogens (primary N) is 1. The summed E-state index contributed by atoms with van der Waals surface area (Å²) in [6, 6.07) is 6.24. The Bertz CT molecular complexity index is 520. The fraction of sp³-hybridized carbons (Fsp3) is 0.385. The number of anilines is 1. The van der Waals surface area contributed by atoms with E-state index in [-0.39, 0.29) is 4.90 Å². The first-order valence-corrected chi connectivity index (χ1v) is 7.56. The van der Waals surface area contributed by atoms with Gasteiger partial charge >= 0.3 is 0 Å². The van der Waals surface area contributed by atoms with E-state index < -0.39 is 10.0 Å². The van der Waals surface area contributed by atoms with Crippen LogP contribution < -0.4 is 10.5 Å². The molecule has 3 N–H and O–H groups in total. The van der Waals surface area contributed by atoms with Gasteiger partial charge in [0.25, 0.3) is 0 Å². The summed E-state index contributed by atoms with van der Waals surface area (Å²) in [6.45, 7) is 0.497. The summed E-state index contributed by atoms with van der Waals surface area (Å²) < 4.78 is 26.7. The van der Waals surface area contributed by atoms with Gasteiger partial charge in [-0.25, -0.2) is 13.1 Å². The van der Waals surface area contributed by atoms with Crippen molar-refractivity contribution in [1.82, 2.24) is 4.72 Å². The SMILES string of the molecule is Nc1ccc(S(=O)(=O)NCC2CC=CCC2)cc1. The van der Waals surface area contributed by atoms with Gasteiger partial charge < -0.3 is 5.73 Å². The minimum Gasteiger partial charge on any atom is -0.399 e. The van der Waals surface area contributed by atoms with E-state index in [9.17, 15) is 8.42 Å². The summed E-state index contributed by atoms with van der Waals surface area (Å²) in [5.41, 5.74) is 6.10. The Morgan fingerprint density at radius 1 is 1.22 bits per heavy atom. The number of hydrogen-bond acceptors (Lipinski definition) is 3. The largest absolute Gasteiger partial charge is 0.399 e. The first-order chi connectivity index (χ1) is 8.58. The zero-order valence-corrected chi connectivity index (χ0v) is 11.0. The lowest BCUT2D eigenvalue weighted by atomic mass is 9.95. The number of rotatable bonds is 4. The molecule has 0 amide bonds. The van der Waals surface area contributed by atoms with Crippen LogP contribution in [0.1, 0.15) is 19.3 Å². The monoisotopic (exact) mass is 266 g/mol. The zero-order valence-electron chi connectivity index (χ0n) is 10.2. The molecule has 5 heteroatoms. The minimum atomic E-state index is -3.41. The van der Waals surface area contributed by atoms with Crippen LogP contribution in [0, 0.1) is 5.92 Å². The Kier molecular flexibility index (Phi) is 4.04. The van der Waals surface area contributed by atoms with Gasteiger partial charge in [-0.1, -0.05) is 12.2 Å². The highest BCUT2D eigenvalue weighted by atomic mass is 32.2. The van der Waals surface area contributed by atoms with Gasteiger partial charge in [-0.15, -0.1) is 0 Å². The maximum absolute atomic E-state index is 12.0. The summed E-state index contributed by atoms with van der Waals surface area (Å²) in [4.78, 5) is 0.267. The molecular formula is C13H18N2O2S. The summed E-state index contributed by atoms with van der Waals surface area (Å²) in [7, 11) is -3.41. The Hall–Kier alpha value is -1.33. The van der Waals surface area contributed by atoms with Crippen LogP contribution >= 0.6 is 0 Å². The van der Waals surface area contributed by atoms with Crippen molar-refractivity contribution in [1.29, 1.82) is 0 Å². The lowest BCUT2D eigenvalue weighted by molar-refractivity contribution is 0.468. The van der Waals surface area contributed by atoms with Crippen LogP contribution in [0.5, 0.6) is 0 Å². The molecule has 1 aliphatic rings. The third-order valence-electron chi connectivity index (χ3n) is 3.13. The summed E-state index contributed by atoms with van der Waals surface area (Å²) in [5, 5.41) is 0. The topological polar surface area (TPSA) is 72.2 Å². The molecule has 1 unspecified atom stereocenters. The number of sulfonamides is 1. The van der Waals surface area contributed by atoms with Gasteiger partial charge in [-0.2, -0.15) is 0 Å². The molecule has 0 aliphatic heterocycles. The lowest BCUT2D eigenvalue weighted by Gasteiger charge is -2.18. The van der Waals surface area contributed by atoms with E-state index in [0.29, 0.717) is 18.2 Å². The number of nitrogen functional groups attached to an aromatic ring is 1. The lowest BCUT2D eigenvalue weighted by Crippen LogP contribution is -2.29. The molecule has 2 rings (SSSR count). The molecule has 0 saturated carbocycles. The zero-order chi connectivity index (χ0) is 13.0. The molecule has 0 saturated heterocycles. The second-order valence-electron chi connectivity index (χ2n) is 4.57. The predicted molar refractivity (Wildman–Crippen MR) is 72.5 cm³/mol. The van der Waals surface area contributed by atoms with Crippen molar-refractivity contribution in [2.24, 2.45) is 5.92 Å². The van der Waals surface area contributed by atoms with E-state index in [1.165, 1.54) is 12.1 Å². The molecule has 1 aliphatic carbocycles. The summed E-state index contributed by atoms with van der Waals surface area (Å²) in [6.07, 6.45) is 7.29. The fourth-order valence-electron chi connectivity index (χ4n) is 2.00. The van der Waals surface area contributed by atoms with Gasteiger partial charge in [0.15, 0.2) is 0 Å². The van der Waals surface area contributed by atoms with Crippen molar-refractivity contribution < 1.29 is 8.42 Å². The molecule has 0 fully saturated rings. The van der Waals surface area contributed by atoms with Crippen molar-refractivity contribution in [3.63, 3.8) is 0 Å².